The third-order valence-corrected chi connectivity index (χ3v) is 3.82. The van der Waals surface area contributed by atoms with Crippen LogP contribution < -0.4 is 10.1 Å². The third-order valence-electron chi connectivity index (χ3n) is 3.36. The topological polar surface area (TPSA) is 21.3 Å². The summed E-state index contributed by atoms with van der Waals surface area (Å²) in [5.74, 6) is 0.670. The molecule has 2 rings (SSSR count). The van der Waals surface area contributed by atoms with Gasteiger partial charge in [-0.3, -0.25) is 0 Å². The van der Waals surface area contributed by atoms with Gasteiger partial charge in [0.1, 0.15) is 18.2 Å². The third kappa shape index (κ3) is 4.05. The first-order chi connectivity index (χ1) is 10.0. The first-order valence-electron chi connectivity index (χ1n) is 6.82. The second-order valence-corrected chi connectivity index (χ2v) is 6.02. The maximum Gasteiger partial charge on any atom is 0.127 e. The Labute approximate surface area is 133 Å². The lowest BCUT2D eigenvalue weighted by Crippen LogP contribution is -2.09. The van der Waals surface area contributed by atoms with Crippen LogP contribution in [0.2, 0.25) is 0 Å². The van der Waals surface area contributed by atoms with Crippen LogP contribution in [-0.4, -0.2) is 7.05 Å². The summed E-state index contributed by atoms with van der Waals surface area (Å²) in [7, 11) is 1.91. The highest BCUT2D eigenvalue weighted by Gasteiger charge is 2.10. The molecule has 0 fully saturated rings. The molecule has 21 heavy (non-hydrogen) atoms. The van der Waals surface area contributed by atoms with E-state index in [2.05, 4.69) is 27.3 Å². The van der Waals surface area contributed by atoms with Crippen molar-refractivity contribution in [2.45, 2.75) is 27.0 Å². The van der Waals surface area contributed by atoms with Gasteiger partial charge in [-0.1, -0.05) is 22.0 Å². The fourth-order valence-corrected chi connectivity index (χ4v) is 2.92. The maximum atomic E-state index is 13.1. The van der Waals surface area contributed by atoms with E-state index in [4.69, 9.17) is 4.74 Å². The van der Waals surface area contributed by atoms with Crippen molar-refractivity contribution in [3.8, 4) is 5.75 Å². The van der Waals surface area contributed by atoms with E-state index in [1.165, 1.54) is 12.1 Å². The number of halogens is 2. The molecule has 0 aliphatic carbocycles. The highest BCUT2D eigenvalue weighted by atomic mass is 79.9. The standard InChI is InChI=1S/C17H19BrFNO/c1-11-7-16(19)5-4-13(11)10-21-17-12(2)6-15(18)8-14(17)9-20-3/h4-8,20H,9-10H2,1-3H3. The van der Waals surface area contributed by atoms with Gasteiger partial charge in [0, 0.05) is 16.6 Å². The van der Waals surface area contributed by atoms with Gasteiger partial charge in [0.05, 0.1) is 0 Å². The van der Waals surface area contributed by atoms with Crippen LogP contribution in [0, 0.1) is 19.7 Å². The molecule has 0 spiro atoms. The number of aryl methyl sites for hydroxylation is 2. The molecule has 0 aliphatic heterocycles. The molecule has 2 aromatic rings. The van der Waals surface area contributed by atoms with E-state index in [1.807, 2.05) is 27.0 Å². The Bertz CT molecular complexity index is 643. The summed E-state index contributed by atoms with van der Waals surface area (Å²) in [5.41, 5.74) is 4.08. The predicted octanol–water partition coefficient (Wildman–Crippen LogP) is 4.50. The maximum absolute atomic E-state index is 13.1. The number of benzene rings is 2. The summed E-state index contributed by atoms with van der Waals surface area (Å²) < 4.78 is 20.2. The summed E-state index contributed by atoms with van der Waals surface area (Å²) in [4.78, 5) is 0. The van der Waals surface area contributed by atoms with Gasteiger partial charge in [-0.15, -0.1) is 0 Å². The van der Waals surface area contributed by atoms with E-state index in [0.29, 0.717) is 6.61 Å². The largest absolute Gasteiger partial charge is 0.488 e. The highest BCUT2D eigenvalue weighted by molar-refractivity contribution is 9.10. The van der Waals surface area contributed by atoms with Gasteiger partial charge >= 0.3 is 0 Å². The fourth-order valence-electron chi connectivity index (χ4n) is 2.30. The quantitative estimate of drug-likeness (QED) is 0.855. The minimum Gasteiger partial charge on any atom is -0.488 e. The van der Waals surface area contributed by atoms with Gasteiger partial charge in [-0.05, 0) is 61.9 Å². The Morgan fingerprint density at radius 1 is 1.10 bits per heavy atom. The first kappa shape index (κ1) is 16.0. The first-order valence-corrected chi connectivity index (χ1v) is 7.62. The van der Waals surface area contributed by atoms with Crippen molar-refractivity contribution in [1.82, 2.24) is 5.32 Å². The minimum absolute atomic E-state index is 0.216. The molecule has 0 amide bonds. The van der Waals surface area contributed by atoms with Crippen LogP contribution in [-0.2, 0) is 13.2 Å². The molecule has 2 aromatic carbocycles. The minimum atomic E-state index is -0.216. The van der Waals surface area contributed by atoms with Crippen LogP contribution in [0.15, 0.2) is 34.8 Å². The molecule has 4 heteroatoms. The van der Waals surface area contributed by atoms with Gasteiger partial charge in [-0.25, -0.2) is 4.39 Å². The molecular weight excluding hydrogens is 333 g/mol. The van der Waals surface area contributed by atoms with Gasteiger partial charge < -0.3 is 10.1 Å². The van der Waals surface area contributed by atoms with E-state index < -0.39 is 0 Å². The zero-order chi connectivity index (χ0) is 15.4. The summed E-state index contributed by atoms with van der Waals surface area (Å²) >= 11 is 3.51. The molecule has 0 aliphatic rings. The van der Waals surface area contributed by atoms with Crippen LogP contribution in [0.1, 0.15) is 22.3 Å². The van der Waals surface area contributed by atoms with Crippen molar-refractivity contribution >= 4 is 15.9 Å². The number of ether oxygens (including phenoxy) is 1. The average molecular weight is 352 g/mol. The van der Waals surface area contributed by atoms with E-state index in [1.54, 1.807) is 6.07 Å². The lowest BCUT2D eigenvalue weighted by atomic mass is 10.1. The predicted molar refractivity (Wildman–Crippen MR) is 87.1 cm³/mol. The molecule has 0 radical (unpaired) electrons. The molecule has 0 bridgehead atoms. The van der Waals surface area contributed by atoms with Crippen LogP contribution in [0.3, 0.4) is 0 Å². The van der Waals surface area contributed by atoms with Crippen molar-refractivity contribution in [2.75, 3.05) is 7.05 Å². The van der Waals surface area contributed by atoms with Crippen molar-refractivity contribution in [3.63, 3.8) is 0 Å². The second-order valence-electron chi connectivity index (χ2n) is 5.10. The van der Waals surface area contributed by atoms with Crippen molar-refractivity contribution < 1.29 is 9.13 Å². The van der Waals surface area contributed by atoms with Gasteiger partial charge in [0.2, 0.25) is 0 Å². The molecule has 1 N–H and O–H groups in total. The Morgan fingerprint density at radius 3 is 2.52 bits per heavy atom. The molecule has 0 saturated heterocycles. The monoisotopic (exact) mass is 351 g/mol. The molecule has 0 atom stereocenters. The Hall–Kier alpha value is -1.39. The Morgan fingerprint density at radius 2 is 1.86 bits per heavy atom. The number of hydrogen-bond acceptors (Lipinski definition) is 2. The molecule has 0 unspecified atom stereocenters. The highest BCUT2D eigenvalue weighted by Crippen LogP contribution is 2.29. The van der Waals surface area contributed by atoms with Crippen LogP contribution in [0.25, 0.3) is 0 Å². The molecule has 112 valence electrons. The van der Waals surface area contributed by atoms with E-state index >= 15 is 0 Å². The van der Waals surface area contributed by atoms with E-state index in [9.17, 15) is 4.39 Å². The van der Waals surface area contributed by atoms with Gasteiger partial charge in [-0.2, -0.15) is 0 Å². The SMILES string of the molecule is CNCc1cc(Br)cc(C)c1OCc1ccc(F)cc1C. The van der Waals surface area contributed by atoms with Crippen molar-refractivity contribution in [2.24, 2.45) is 0 Å². The lowest BCUT2D eigenvalue weighted by Gasteiger charge is -2.16. The van der Waals surface area contributed by atoms with Crippen molar-refractivity contribution in [3.05, 3.63) is 62.9 Å². The van der Waals surface area contributed by atoms with Gasteiger partial charge in [0.15, 0.2) is 0 Å². The van der Waals surface area contributed by atoms with E-state index in [-0.39, 0.29) is 5.82 Å². The average Bonchev–Trinajstić information content (AvgIpc) is 2.40. The van der Waals surface area contributed by atoms with Crippen LogP contribution >= 0.6 is 15.9 Å². The fraction of sp³-hybridized carbons (Fsp3) is 0.294. The van der Waals surface area contributed by atoms with Crippen LogP contribution in [0.4, 0.5) is 4.39 Å². The molecule has 0 saturated carbocycles. The Kier molecular flexibility index (Phi) is 5.37. The summed E-state index contributed by atoms with van der Waals surface area (Å²) in [6.07, 6.45) is 0. The van der Waals surface area contributed by atoms with E-state index in [0.717, 1.165) is 39.0 Å². The smallest absolute Gasteiger partial charge is 0.127 e. The summed E-state index contributed by atoms with van der Waals surface area (Å²) in [6.45, 7) is 5.09. The number of hydrogen-bond donors (Lipinski definition) is 1. The van der Waals surface area contributed by atoms with Gasteiger partial charge in [0.25, 0.3) is 0 Å². The zero-order valence-corrected chi connectivity index (χ0v) is 14.1. The normalized spacial score (nSPS) is 10.7. The Balaban J connectivity index is 2.23. The molecule has 0 aromatic heterocycles. The molecule has 0 heterocycles. The van der Waals surface area contributed by atoms with Crippen LogP contribution in [0.5, 0.6) is 5.75 Å². The number of rotatable bonds is 5. The zero-order valence-electron chi connectivity index (χ0n) is 12.5. The summed E-state index contributed by atoms with van der Waals surface area (Å²) in [6, 6.07) is 8.86. The molecular formula is C17H19BrFNO. The second kappa shape index (κ2) is 7.05. The van der Waals surface area contributed by atoms with Crippen molar-refractivity contribution in [1.29, 1.82) is 0 Å². The lowest BCUT2D eigenvalue weighted by molar-refractivity contribution is 0.299. The molecule has 2 nitrogen and oxygen atoms in total. The summed E-state index contributed by atoms with van der Waals surface area (Å²) in [5, 5.41) is 3.15. The number of nitrogens with one attached hydrogen (secondary N) is 1.